The van der Waals surface area contributed by atoms with Crippen LogP contribution in [0.15, 0.2) is 48.5 Å². The Hall–Kier alpha value is -2.75. The fourth-order valence-corrected chi connectivity index (χ4v) is 2.43. The number of fused-ring (bicyclic) bond motifs is 1. The van der Waals surface area contributed by atoms with Crippen molar-refractivity contribution in [2.24, 2.45) is 0 Å². The van der Waals surface area contributed by atoms with E-state index in [1.807, 2.05) is 24.3 Å². The fraction of sp³-hybridized carbons (Fsp3) is 0.111. The van der Waals surface area contributed by atoms with Crippen molar-refractivity contribution in [3.8, 4) is 11.3 Å². The molecule has 4 heteroatoms. The minimum Gasteiger partial charge on any atom is -0.478 e. The normalized spacial score (nSPS) is 10.8. The smallest absolute Gasteiger partial charge is 0.336 e. The topological polar surface area (TPSA) is 50.2 Å². The van der Waals surface area contributed by atoms with E-state index >= 15 is 0 Å². The Morgan fingerprint density at radius 1 is 1.14 bits per heavy atom. The van der Waals surface area contributed by atoms with E-state index in [1.165, 1.54) is 29.8 Å². The fourth-order valence-electron chi connectivity index (χ4n) is 2.43. The third-order valence-electron chi connectivity index (χ3n) is 3.66. The summed E-state index contributed by atoms with van der Waals surface area (Å²) in [7, 11) is 0. The molecule has 1 heterocycles. The Balaban J connectivity index is 2.21. The molecular formula is C18H14FNO2. The number of benzene rings is 2. The van der Waals surface area contributed by atoms with Crippen LogP contribution in [0.3, 0.4) is 0 Å². The molecule has 0 aliphatic heterocycles. The summed E-state index contributed by atoms with van der Waals surface area (Å²) in [5, 5.41) is 9.68. The number of aromatic nitrogens is 1. The van der Waals surface area contributed by atoms with Gasteiger partial charge in [0.1, 0.15) is 5.82 Å². The van der Waals surface area contributed by atoms with E-state index in [4.69, 9.17) is 0 Å². The van der Waals surface area contributed by atoms with Gasteiger partial charge in [-0.15, -0.1) is 0 Å². The highest BCUT2D eigenvalue weighted by molar-refractivity contribution is 6.03. The molecule has 0 saturated heterocycles. The third-order valence-corrected chi connectivity index (χ3v) is 3.66. The van der Waals surface area contributed by atoms with Crippen molar-refractivity contribution in [1.29, 1.82) is 0 Å². The number of carboxylic acids is 1. The highest BCUT2D eigenvalue weighted by atomic mass is 19.1. The highest BCUT2D eigenvalue weighted by Gasteiger charge is 2.13. The molecule has 3 aromatic rings. The molecule has 1 N–H and O–H groups in total. The first-order chi connectivity index (χ1) is 10.6. The number of aryl methyl sites for hydroxylation is 1. The van der Waals surface area contributed by atoms with Crippen molar-refractivity contribution in [3.05, 3.63) is 65.5 Å². The first kappa shape index (κ1) is 14.2. The molecule has 0 aliphatic rings. The van der Waals surface area contributed by atoms with Crippen LogP contribution in [0.25, 0.3) is 22.2 Å². The first-order valence-electron chi connectivity index (χ1n) is 7.01. The first-order valence-corrected chi connectivity index (χ1v) is 7.01. The second-order valence-corrected chi connectivity index (χ2v) is 5.07. The van der Waals surface area contributed by atoms with Crippen LogP contribution in [0.1, 0.15) is 22.8 Å². The molecule has 0 radical (unpaired) electrons. The van der Waals surface area contributed by atoms with Crippen LogP contribution in [0.4, 0.5) is 4.39 Å². The predicted octanol–water partition coefficient (Wildman–Crippen LogP) is 4.30. The Morgan fingerprint density at radius 2 is 1.86 bits per heavy atom. The summed E-state index contributed by atoms with van der Waals surface area (Å²) in [6.45, 7) is 2.07. The minimum atomic E-state index is -1.09. The lowest BCUT2D eigenvalue weighted by molar-refractivity contribution is 0.0699. The number of aromatic carboxylic acids is 1. The molecule has 22 heavy (non-hydrogen) atoms. The molecule has 3 rings (SSSR count). The lowest BCUT2D eigenvalue weighted by atomic mass is 10.0. The standard InChI is InChI=1S/C18H14FNO2/c1-2-11-3-5-12(6-4-11)17-10-15(18(21)22)14-9-13(19)7-8-16(14)20-17/h3-10H,2H2,1H3,(H,21,22). The lowest BCUT2D eigenvalue weighted by Gasteiger charge is -2.08. The SMILES string of the molecule is CCc1ccc(-c2cc(C(=O)O)c3cc(F)ccc3n2)cc1. The number of hydrogen-bond acceptors (Lipinski definition) is 2. The van der Waals surface area contributed by atoms with Gasteiger partial charge in [0.15, 0.2) is 0 Å². The zero-order chi connectivity index (χ0) is 15.7. The van der Waals surface area contributed by atoms with Crippen molar-refractivity contribution >= 4 is 16.9 Å². The van der Waals surface area contributed by atoms with Crippen molar-refractivity contribution in [3.63, 3.8) is 0 Å². The van der Waals surface area contributed by atoms with Crippen molar-refractivity contribution < 1.29 is 14.3 Å². The van der Waals surface area contributed by atoms with Gasteiger partial charge in [0.2, 0.25) is 0 Å². The van der Waals surface area contributed by atoms with Gasteiger partial charge in [-0.2, -0.15) is 0 Å². The Kier molecular flexibility index (Phi) is 3.59. The Bertz CT molecular complexity index is 857. The Labute approximate surface area is 127 Å². The molecule has 1 aromatic heterocycles. The maximum absolute atomic E-state index is 13.4. The average Bonchev–Trinajstić information content (AvgIpc) is 2.53. The van der Waals surface area contributed by atoms with Gasteiger partial charge < -0.3 is 5.11 Å². The van der Waals surface area contributed by atoms with Crippen LogP contribution in [-0.4, -0.2) is 16.1 Å². The molecule has 0 spiro atoms. The number of halogens is 1. The molecule has 3 nitrogen and oxygen atoms in total. The molecule has 0 atom stereocenters. The summed E-state index contributed by atoms with van der Waals surface area (Å²) in [5.74, 6) is -1.57. The van der Waals surface area contributed by atoms with Gasteiger partial charge >= 0.3 is 5.97 Å². The molecule has 2 aromatic carbocycles. The zero-order valence-corrected chi connectivity index (χ0v) is 12.0. The van der Waals surface area contributed by atoms with Crippen molar-refractivity contribution in [2.75, 3.05) is 0 Å². The van der Waals surface area contributed by atoms with Gasteiger partial charge in [-0.1, -0.05) is 31.2 Å². The van der Waals surface area contributed by atoms with Crippen LogP contribution in [0, 0.1) is 5.82 Å². The molecule has 0 bridgehead atoms. The molecule has 0 unspecified atom stereocenters. The molecule has 110 valence electrons. The summed E-state index contributed by atoms with van der Waals surface area (Å²) in [6.07, 6.45) is 0.936. The van der Waals surface area contributed by atoms with Crippen LogP contribution < -0.4 is 0 Å². The number of carboxylic acid groups (broad SMARTS) is 1. The van der Waals surface area contributed by atoms with Gasteiger partial charge in [-0.05, 0) is 36.2 Å². The highest BCUT2D eigenvalue weighted by Crippen LogP contribution is 2.26. The monoisotopic (exact) mass is 295 g/mol. The molecule has 0 saturated carbocycles. The molecule has 0 amide bonds. The van der Waals surface area contributed by atoms with E-state index in [1.54, 1.807) is 0 Å². The maximum Gasteiger partial charge on any atom is 0.336 e. The largest absolute Gasteiger partial charge is 0.478 e. The Morgan fingerprint density at radius 3 is 2.50 bits per heavy atom. The third kappa shape index (κ3) is 2.55. The van der Waals surface area contributed by atoms with E-state index in [2.05, 4.69) is 11.9 Å². The van der Waals surface area contributed by atoms with E-state index in [0.717, 1.165) is 12.0 Å². The molecule has 0 fully saturated rings. The number of hydrogen-bond donors (Lipinski definition) is 1. The van der Waals surface area contributed by atoms with E-state index < -0.39 is 11.8 Å². The van der Waals surface area contributed by atoms with Gasteiger partial charge in [0.05, 0.1) is 16.8 Å². The number of pyridine rings is 1. The second-order valence-electron chi connectivity index (χ2n) is 5.07. The summed E-state index contributed by atoms with van der Waals surface area (Å²) in [5.41, 5.74) is 3.13. The number of carbonyl (C=O) groups is 1. The molecule has 0 aliphatic carbocycles. The van der Waals surface area contributed by atoms with Crippen LogP contribution in [0.2, 0.25) is 0 Å². The van der Waals surface area contributed by atoms with E-state index in [-0.39, 0.29) is 5.56 Å². The van der Waals surface area contributed by atoms with Crippen LogP contribution >= 0.6 is 0 Å². The average molecular weight is 295 g/mol. The predicted molar refractivity (Wildman–Crippen MR) is 83.5 cm³/mol. The van der Waals surface area contributed by atoms with Crippen LogP contribution in [0.5, 0.6) is 0 Å². The van der Waals surface area contributed by atoms with Gasteiger partial charge in [-0.3, -0.25) is 0 Å². The number of nitrogens with zero attached hydrogens (tertiary/aromatic N) is 1. The maximum atomic E-state index is 13.4. The van der Waals surface area contributed by atoms with Crippen molar-refractivity contribution in [1.82, 2.24) is 4.98 Å². The quantitative estimate of drug-likeness (QED) is 0.783. The van der Waals surface area contributed by atoms with Crippen molar-refractivity contribution in [2.45, 2.75) is 13.3 Å². The van der Waals surface area contributed by atoms with Gasteiger partial charge in [0.25, 0.3) is 0 Å². The van der Waals surface area contributed by atoms with Crippen LogP contribution in [-0.2, 0) is 6.42 Å². The summed E-state index contributed by atoms with van der Waals surface area (Å²) in [4.78, 5) is 15.9. The zero-order valence-electron chi connectivity index (χ0n) is 12.0. The minimum absolute atomic E-state index is 0.0547. The van der Waals surface area contributed by atoms with Gasteiger partial charge in [0, 0.05) is 10.9 Å². The summed E-state index contributed by atoms with van der Waals surface area (Å²) >= 11 is 0. The van der Waals surface area contributed by atoms with Gasteiger partial charge in [-0.25, -0.2) is 14.2 Å². The summed E-state index contributed by atoms with van der Waals surface area (Å²) < 4.78 is 13.4. The lowest BCUT2D eigenvalue weighted by Crippen LogP contribution is -2.00. The molecular weight excluding hydrogens is 281 g/mol. The second kappa shape index (κ2) is 5.56. The van der Waals surface area contributed by atoms with E-state index in [0.29, 0.717) is 16.6 Å². The summed E-state index contributed by atoms with van der Waals surface area (Å²) in [6, 6.07) is 13.3. The van der Waals surface area contributed by atoms with E-state index in [9.17, 15) is 14.3 Å². The number of rotatable bonds is 3.